The lowest BCUT2D eigenvalue weighted by Gasteiger charge is -2.60. The normalized spacial score (nSPS) is 53.4. The average Bonchev–Trinajstić information content (AvgIpc) is 3.62. The molecule has 4 heterocycles. The molecule has 6 aliphatic rings. The highest BCUT2D eigenvalue weighted by Crippen LogP contribution is 2.81. The van der Waals surface area contributed by atoms with E-state index >= 15 is 0 Å². The third kappa shape index (κ3) is 1.83. The minimum absolute atomic E-state index is 0.0668. The number of rotatable bonds is 1. The first-order chi connectivity index (χ1) is 15.6. The van der Waals surface area contributed by atoms with Crippen LogP contribution in [-0.2, 0) is 26.0 Å². The van der Waals surface area contributed by atoms with E-state index < -0.39 is 29.0 Å². The van der Waals surface area contributed by atoms with Crippen LogP contribution in [0.1, 0.15) is 58.2 Å². The van der Waals surface area contributed by atoms with Crippen LogP contribution in [0.4, 0.5) is 0 Å². The van der Waals surface area contributed by atoms with Gasteiger partial charge in [0.15, 0.2) is 5.60 Å². The molecule has 10 atom stereocenters. The van der Waals surface area contributed by atoms with Gasteiger partial charge in [-0.15, -0.1) is 0 Å². The van der Waals surface area contributed by atoms with Crippen LogP contribution in [0.15, 0.2) is 24.3 Å². The Balaban J connectivity index is 1.28. The molecule has 2 saturated carbocycles. The lowest BCUT2D eigenvalue weighted by Crippen LogP contribution is -2.72. The molecule has 3 aliphatic carbocycles. The van der Waals surface area contributed by atoms with E-state index in [1.165, 1.54) is 22.2 Å². The van der Waals surface area contributed by atoms with Gasteiger partial charge in [-0.2, -0.15) is 0 Å². The van der Waals surface area contributed by atoms with Crippen molar-refractivity contribution in [2.24, 2.45) is 11.3 Å². The van der Waals surface area contributed by atoms with Crippen molar-refractivity contribution in [1.29, 1.82) is 0 Å². The molecule has 3 saturated heterocycles. The molecule has 33 heavy (non-hydrogen) atoms. The second-order valence-electron chi connectivity index (χ2n) is 12.6. The number of H-pyrrole nitrogens is 1. The van der Waals surface area contributed by atoms with Gasteiger partial charge in [-0.3, -0.25) is 0 Å². The van der Waals surface area contributed by atoms with Gasteiger partial charge in [0.1, 0.15) is 23.9 Å². The number of aromatic nitrogens is 1. The molecule has 0 amide bonds. The van der Waals surface area contributed by atoms with Crippen LogP contribution >= 0.6 is 0 Å². The number of para-hydroxylation sites is 1. The summed E-state index contributed by atoms with van der Waals surface area (Å²) < 4.78 is 19.7. The summed E-state index contributed by atoms with van der Waals surface area (Å²) in [6.07, 6.45) is 2.04. The summed E-state index contributed by atoms with van der Waals surface area (Å²) in [5.41, 5.74) is 1.66. The minimum Gasteiger partial charge on any atom is -0.388 e. The van der Waals surface area contributed by atoms with Crippen LogP contribution in [-0.4, -0.2) is 62.5 Å². The van der Waals surface area contributed by atoms with E-state index in [1.807, 2.05) is 0 Å². The predicted octanol–water partition coefficient (Wildman–Crippen LogP) is 2.98. The van der Waals surface area contributed by atoms with Crippen LogP contribution in [0.25, 0.3) is 10.9 Å². The van der Waals surface area contributed by atoms with E-state index in [0.29, 0.717) is 5.92 Å². The van der Waals surface area contributed by atoms with Gasteiger partial charge in [0.25, 0.3) is 0 Å². The topological polar surface area (TPSA) is 90.5 Å². The number of aliphatic hydroxyl groups excluding tert-OH is 1. The molecule has 5 fully saturated rings. The molecule has 6 heteroatoms. The number of epoxide rings is 2. The molecule has 1 aromatic carbocycles. The van der Waals surface area contributed by atoms with E-state index in [1.54, 1.807) is 13.8 Å². The number of ether oxygens (including phenoxy) is 3. The second-order valence-corrected chi connectivity index (χ2v) is 12.6. The fraction of sp³-hybridized carbons (Fsp3) is 0.704. The summed E-state index contributed by atoms with van der Waals surface area (Å²) >= 11 is 0. The van der Waals surface area contributed by atoms with Crippen molar-refractivity contribution < 1.29 is 24.4 Å². The van der Waals surface area contributed by atoms with Gasteiger partial charge >= 0.3 is 0 Å². The number of benzene rings is 1. The maximum atomic E-state index is 11.2. The SMILES string of the molecule is CC(C)(O)[C@H]1OC2CC[C@@]3(C)C4(OC4CC4Cc5c([nH]c6ccccc56)[C@@]43C)[C@]23O[C@H]3[C@@H]1O. The van der Waals surface area contributed by atoms with E-state index in [4.69, 9.17) is 14.2 Å². The number of aliphatic hydroxyl groups is 2. The molecular formula is C27H33NO5. The van der Waals surface area contributed by atoms with Gasteiger partial charge in [-0.05, 0) is 57.1 Å². The van der Waals surface area contributed by atoms with Gasteiger partial charge in [-0.25, -0.2) is 0 Å². The van der Waals surface area contributed by atoms with Crippen LogP contribution in [0.5, 0.6) is 0 Å². The second kappa shape index (κ2) is 5.36. The molecule has 3 N–H and O–H groups in total. The Kier molecular flexibility index (Phi) is 3.22. The third-order valence-corrected chi connectivity index (χ3v) is 11.1. The number of hydrogen-bond donors (Lipinski definition) is 3. The quantitative estimate of drug-likeness (QED) is 0.580. The van der Waals surface area contributed by atoms with E-state index in [9.17, 15) is 10.2 Å². The van der Waals surface area contributed by atoms with Crippen molar-refractivity contribution in [1.82, 2.24) is 4.98 Å². The summed E-state index contributed by atoms with van der Waals surface area (Å²) in [4.78, 5) is 3.83. The van der Waals surface area contributed by atoms with Crippen molar-refractivity contribution in [2.45, 2.75) is 106 Å². The number of nitrogens with one attached hydrogen (secondary N) is 1. The van der Waals surface area contributed by atoms with Crippen molar-refractivity contribution >= 4 is 10.9 Å². The molecule has 8 rings (SSSR count). The first-order valence-electron chi connectivity index (χ1n) is 12.6. The average molecular weight is 452 g/mol. The molecule has 6 nitrogen and oxygen atoms in total. The standard InChI is InChI=1S/C27H33NO5/c1-23(2,30)21-19(29)22-26(33-22)17(31-21)9-10-24(3)25(4)13(12-18-27(24,26)32-18)11-15-14-7-5-6-8-16(14)28-20(15)25/h5-8,13,17-19,21-22,28-30H,9-12H2,1-4H3/t13?,17?,18?,19-,21+,22+,24-,25-,26+,27?/m1/s1. The highest BCUT2D eigenvalue weighted by atomic mass is 16.7. The van der Waals surface area contributed by atoms with E-state index in [-0.39, 0.29) is 29.1 Å². The summed E-state index contributed by atoms with van der Waals surface area (Å²) in [5.74, 6) is 0.526. The van der Waals surface area contributed by atoms with Crippen LogP contribution in [0.2, 0.25) is 0 Å². The summed E-state index contributed by atoms with van der Waals surface area (Å²) in [5, 5.41) is 23.2. The molecule has 0 bridgehead atoms. The Morgan fingerprint density at radius 1 is 1.12 bits per heavy atom. The number of fused-ring (bicyclic) bond motifs is 6. The monoisotopic (exact) mass is 451 g/mol. The maximum absolute atomic E-state index is 11.2. The summed E-state index contributed by atoms with van der Waals surface area (Å²) in [6, 6.07) is 8.67. The fourth-order valence-corrected chi connectivity index (χ4v) is 9.41. The van der Waals surface area contributed by atoms with Gasteiger partial charge < -0.3 is 29.4 Å². The van der Waals surface area contributed by atoms with Crippen LogP contribution in [0, 0.1) is 11.3 Å². The maximum Gasteiger partial charge on any atom is 0.155 e. The molecule has 2 aromatic rings. The molecular weight excluding hydrogens is 418 g/mol. The molecule has 176 valence electrons. The van der Waals surface area contributed by atoms with Crippen LogP contribution < -0.4 is 0 Å². The zero-order valence-electron chi connectivity index (χ0n) is 19.7. The van der Waals surface area contributed by atoms with Gasteiger partial charge in [-0.1, -0.05) is 32.0 Å². The lowest BCUT2D eigenvalue weighted by atomic mass is 9.42. The van der Waals surface area contributed by atoms with Crippen molar-refractivity contribution in [2.75, 3.05) is 0 Å². The highest BCUT2D eigenvalue weighted by Gasteiger charge is 2.95. The molecule has 1 aromatic heterocycles. The Hall–Kier alpha value is -1.44. The Morgan fingerprint density at radius 2 is 1.91 bits per heavy atom. The Labute approximate surface area is 193 Å². The first kappa shape index (κ1) is 19.8. The Morgan fingerprint density at radius 3 is 2.70 bits per heavy atom. The zero-order valence-corrected chi connectivity index (χ0v) is 19.7. The molecule has 0 radical (unpaired) electrons. The van der Waals surface area contributed by atoms with Crippen molar-refractivity contribution in [3.05, 3.63) is 35.5 Å². The minimum atomic E-state index is -1.13. The zero-order chi connectivity index (χ0) is 22.8. The largest absolute Gasteiger partial charge is 0.388 e. The van der Waals surface area contributed by atoms with Gasteiger partial charge in [0.2, 0.25) is 0 Å². The summed E-state index contributed by atoms with van der Waals surface area (Å²) in [6.45, 7) is 8.28. The Bertz CT molecular complexity index is 1220. The smallest absolute Gasteiger partial charge is 0.155 e. The molecule has 2 spiro atoms. The van der Waals surface area contributed by atoms with Crippen molar-refractivity contribution in [3.63, 3.8) is 0 Å². The number of aromatic amines is 1. The van der Waals surface area contributed by atoms with Gasteiger partial charge in [0, 0.05) is 27.4 Å². The third-order valence-electron chi connectivity index (χ3n) is 11.1. The predicted molar refractivity (Wildman–Crippen MR) is 121 cm³/mol. The first-order valence-corrected chi connectivity index (χ1v) is 12.6. The van der Waals surface area contributed by atoms with E-state index in [0.717, 1.165) is 25.7 Å². The number of hydrogen-bond acceptors (Lipinski definition) is 5. The molecule has 4 unspecified atom stereocenters. The highest BCUT2D eigenvalue weighted by molar-refractivity contribution is 5.86. The van der Waals surface area contributed by atoms with Crippen LogP contribution in [0.3, 0.4) is 0 Å². The fourth-order valence-electron chi connectivity index (χ4n) is 9.41. The van der Waals surface area contributed by atoms with E-state index in [2.05, 4.69) is 43.1 Å². The lowest BCUT2D eigenvalue weighted by molar-refractivity contribution is -0.224. The van der Waals surface area contributed by atoms with Gasteiger partial charge in [0.05, 0.1) is 17.8 Å². The molecule has 3 aliphatic heterocycles. The van der Waals surface area contributed by atoms with Crippen molar-refractivity contribution in [3.8, 4) is 0 Å². The summed E-state index contributed by atoms with van der Waals surface area (Å²) in [7, 11) is 0.